The van der Waals surface area contributed by atoms with Crippen LogP contribution in [0.15, 0.2) is 121 Å². The molecule has 1 heterocycles. The summed E-state index contributed by atoms with van der Waals surface area (Å²) in [6.45, 7) is 6.32. The molecule has 0 aliphatic rings. The molecule has 9 heteroatoms. The second kappa shape index (κ2) is 14.6. The molecule has 5 aromatic carbocycles. The molecular formula is C38H33N3O5S. The first-order valence-electron chi connectivity index (χ1n) is 15.1. The van der Waals surface area contributed by atoms with Gasteiger partial charge in [-0.25, -0.2) is 9.78 Å². The average molecular weight is 644 g/mol. The lowest BCUT2D eigenvalue weighted by Crippen LogP contribution is -2.06. The molecule has 0 fully saturated rings. The Morgan fingerprint density at radius 3 is 2.45 bits per heavy atom. The van der Waals surface area contributed by atoms with Crippen LogP contribution in [0.5, 0.6) is 17.2 Å². The molecule has 0 aliphatic heterocycles. The molecule has 8 nitrogen and oxygen atoms in total. The lowest BCUT2D eigenvalue weighted by Gasteiger charge is -2.11. The molecule has 1 aromatic heterocycles. The maximum Gasteiger partial charge on any atom is 0.330 e. The summed E-state index contributed by atoms with van der Waals surface area (Å²) < 4.78 is 17.8. The lowest BCUT2D eigenvalue weighted by molar-refractivity contribution is -0.137. The summed E-state index contributed by atoms with van der Waals surface area (Å²) in [5, 5.41) is 18.0. The third kappa shape index (κ3) is 7.77. The number of carbonyl (C=O) groups is 1. The van der Waals surface area contributed by atoms with E-state index in [1.807, 2.05) is 55.5 Å². The Labute approximate surface area is 276 Å². The van der Waals surface area contributed by atoms with Gasteiger partial charge < -0.3 is 19.3 Å². The zero-order valence-corrected chi connectivity index (χ0v) is 26.6. The number of benzene rings is 5. The fourth-order valence-corrected chi connectivity index (χ4v) is 5.80. The van der Waals surface area contributed by atoms with Crippen LogP contribution >= 0.6 is 11.3 Å². The number of rotatable bonds is 13. The third-order valence-electron chi connectivity index (χ3n) is 7.48. The van der Waals surface area contributed by atoms with Crippen molar-refractivity contribution < 1.29 is 24.1 Å². The van der Waals surface area contributed by atoms with Crippen LogP contribution in [-0.2, 0) is 16.1 Å². The van der Waals surface area contributed by atoms with E-state index in [0.29, 0.717) is 48.4 Å². The van der Waals surface area contributed by atoms with Crippen LogP contribution in [0.1, 0.15) is 24.5 Å². The van der Waals surface area contributed by atoms with E-state index in [1.165, 1.54) is 11.3 Å². The summed E-state index contributed by atoms with van der Waals surface area (Å²) in [4.78, 5) is 15.8. The van der Waals surface area contributed by atoms with Gasteiger partial charge in [0.05, 0.1) is 29.1 Å². The number of esters is 1. The number of aromatic hydroxyl groups is 1. The van der Waals surface area contributed by atoms with Crippen molar-refractivity contribution >= 4 is 49.1 Å². The molecule has 0 radical (unpaired) electrons. The number of hydrogen-bond donors (Lipinski definition) is 2. The Morgan fingerprint density at radius 1 is 0.915 bits per heavy atom. The van der Waals surface area contributed by atoms with Gasteiger partial charge >= 0.3 is 5.97 Å². The van der Waals surface area contributed by atoms with Crippen molar-refractivity contribution in [3.05, 3.63) is 127 Å². The molecule has 0 saturated carbocycles. The molecule has 6 aromatic rings. The molecule has 2 N–H and O–H groups in total. The van der Waals surface area contributed by atoms with Crippen LogP contribution in [-0.4, -0.2) is 35.0 Å². The van der Waals surface area contributed by atoms with Crippen LogP contribution < -0.4 is 14.9 Å². The summed E-state index contributed by atoms with van der Waals surface area (Å²) in [5.41, 5.74) is 8.32. The van der Waals surface area contributed by atoms with Crippen molar-refractivity contribution in [1.82, 2.24) is 4.98 Å². The smallest absolute Gasteiger partial charge is 0.330 e. The molecule has 236 valence electrons. The van der Waals surface area contributed by atoms with Gasteiger partial charge in [0.25, 0.3) is 0 Å². The van der Waals surface area contributed by atoms with Crippen LogP contribution in [0, 0.1) is 0 Å². The van der Waals surface area contributed by atoms with Gasteiger partial charge in [0.2, 0.25) is 5.13 Å². The number of nitrogens with one attached hydrogen (secondary N) is 1. The van der Waals surface area contributed by atoms with Crippen molar-refractivity contribution in [2.75, 3.05) is 18.6 Å². The molecule has 0 amide bonds. The number of hydrazone groups is 1. The Kier molecular flexibility index (Phi) is 9.74. The summed E-state index contributed by atoms with van der Waals surface area (Å²) in [6.07, 6.45) is 1.75. The molecule has 0 spiro atoms. The van der Waals surface area contributed by atoms with Gasteiger partial charge in [-0.15, -0.1) is 0 Å². The first kappa shape index (κ1) is 31.3. The van der Waals surface area contributed by atoms with E-state index in [0.717, 1.165) is 49.5 Å². The van der Waals surface area contributed by atoms with E-state index in [4.69, 9.17) is 19.2 Å². The van der Waals surface area contributed by atoms with E-state index in [1.54, 1.807) is 18.2 Å². The van der Waals surface area contributed by atoms with Gasteiger partial charge in [-0.1, -0.05) is 84.6 Å². The van der Waals surface area contributed by atoms with Crippen LogP contribution in [0.3, 0.4) is 0 Å². The molecule has 0 unspecified atom stereocenters. The summed E-state index contributed by atoms with van der Waals surface area (Å²) >= 11 is 1.53. The quantitative estimate of drug-likeness (QED) is 0.0427. The van der Waals surface area contributed by atoms with Crippen molar-refractivity contribution in [2.24, 2.45) is 5.10 Å². The molecular weight excluding hydrogens is 611 g/mol. The van der Waals surface area contributed by atoms with Crippen molar-refractivity contribution in [1.29, 1.82) is 0 Å². The molecule has 0 bridgehead atoms. The first-order valence-corrected chi connectivity index (χ1v) is 15.9. The maximum absolute atomic E-state index is 11.1. The topological polar surface area (TPSA) is 102 Å². The number of phenolic OH excluding ortho intramolecular Hbond substituents is 1. The summed E-state index contributed by atoms with van der Waals surface area (Å²) in [6, 6.07) is 33.5. The highest BCUT2D eigenvalue weighted by Gasteiger charge is 2.10. The fourth-order valence-electron chi connectivity index (χ4n) is 4.98. The van der Waals surface area contributed by atoms with Gasteiger partial charge in [0.1, 0.15) is 23.9 Å². The Bertz CT molecular complexity index is 2050. The minimum atomic E-state index is -0.429. The number of anilines is 1. The Balaban J connectivity index is 1.03. The maximum atomic E-state index is 11.1. The van der Waals surface area contributed by atoms with Gasteiger partial charge in [-0.3, -0.25) is 5.43 Å². The first-order chi connectivity index (χ1) is 23.0. The zero-order valence-electron chi connectivity index (χ0n) is 25.8. The highest BCUT2D eigenvalue weighted by Crippen LogP contribution is 2.32. The van der Waals surface area contributed by atoms with Gasteiger partial charge in [-0.05, 0) is 65.4 Å². The van der Waals surface area contributed by atoms with Gasteiger partial charge in [-0.2, -0.15) is 5.10 Å². The van der Waals surface area contributed by atoms with Crippen molar-refractivity contribution in [2.45, 2.75) is 20.0 Å². The average Bonchev–Trinajstić information content (AvgIpc) is 3.54. The number of nitrogens with zero attached hydrogens (tertiary/aromatic N) is 2. The second-order valence-electron chi connectivity index (χ2n) is 10.7. The zero-order chi connectivity index (χ0) is 32.6. The fraction of sp³-hybridized carbons (Fsp3) is 0.132. The Morgan fingerprint density at radius 2 is 1.66 bits per heavy atom. The second-order valence-corrected chi connectivity index (χ2v) is 11.8. The third-order valence-corrected chi connectivity index (χ3v) is 8.40. The molecule has 0 atom stereocenters. The minimum absolute atomic E-state index is 0.116. The number of thiazole rings is 1. The van der Waals surface area contributed by atoms with Crippen LogP contribution in [0.4, 0.5) is 5.13 Å². The molecule has 47 heavy (non-hydrogen) atoms. The van der Waals surface area contributed by atoms with Crippen molar-refractivity contribution in [3.8, 4) is 28.4 Å². The normalized spacial score (nSPS) is 11.4. The van der Waals surface area contributed by atoms with Gasteiger partial charge in [0, 0.05) is 23.4 Å². The summed E-state index contributed by atoms with van der Waals surface area (Å²) in [7, 11) is 0. The van der Waals surface area contributed by atoms with E-state index >= 15 is 0 Å². The lowest BCUT2D eigenvalue weighted by atomic mass is 10.0. The highest BCUT2D eigenvalue weighted by molar-refractivity contribution is 7.22. The summed E-state index contributed by atoms with van der Waals surface area (Å²) in [5.74, 6) is 1.06. The Hall–Kier alpha value is -5.67. The number of phenols is 1. The van der Waals surface area contributed by atoms with Crippen molar-refractivity contribution in [3.63, 3.8) is 0 Å². The molecule has 6 rings (SSSR count). The number of hydrogen-bond acceptors (Lipinski definition) is 9. The SMILES string of the molecule is C=CC(=O)OCCCOc1ccc(-c2ccc(COc3ccc(O)c(/C(C)=N/Nc4nc5c(ccc6ccccc65)s4)c3)cc2)cc1. The monoisotopic (exact) mass is 643 g/mol. The molecule has 0 aliphatic carbocycles. The van der Waals surface area contributed by atoms with E-state index < -0.39 is 5.97 Å². The number of ether oxygens (including phenoxy) is 3. The largest absolute Gasteiger partial charge is 0.507 e. The van der Waals surface area contributed by atoms with Gasteiger partial charge in [0.15, 0.2) is 0 Å². The van der Waals surface area contributed by atoms with E-state index in [9.17, 15) is 9.90 Å². The number of carbonyl (C=O) groups excluding carboxylic acids is 1. The number of fused-ring (bicyclic) bond motifs is 3. The highest BCUT2D eigenvalue weighted by atomic mass is 32.1. The van der Waals surface area contributed by atoms with Crippen LogP contribution in [0.25, 0.3) is 32.1 Å². The number of aromatic nitrogens is 1. The standard InChI is InChI=1S/C38H33N3O5S/c1-3-36(43)45-22-6-21-44-30-16-13-28(14-17-30)27-11-9-26(10-12-27)24-46-31-18-19-34(42)33(23-31)25(2)40-41-38-39-37-32-8-5-4-7-29(32)15-20-35(37)47-38/h3-5,7-20,23,42H,1,6,21-22,24H2,2H3,(H,39,41)/b40-25+. The van der Waals surface area contributed by atoms with E-state index in [-0.39, 0.29) is 5.75 Å². The predicted octanol–water partition coefficient (Wildman–Crippen LogP) is 8.74. The predicted molar refractivity (Wildman–Crippen MR) is 189 cm³/mol. The van der Waals surface area contributed by atoms with Crippen LogP contribution in [0.2, 0.25) is 0 Å². The minimum Gasteiger partial charge on any atom is -0.507 e. The van der Waals surface area contributed by atoms with E-state index in [2.05, 4.69) is 53.5 Å². The molecule has 0 saturated heterocycles.